The zero-order chi connectivity index (χ0) is 19.0. The smallest absolute Gasteiger partial charge is 0.327 e. The van der Waals surface area contributed by atoms with Gasteiger partial charge < -0.3 is 10.8 Å². The van der Waals surface area contributed by atoms with Crippen LogP contribution in [-0.2, 0) is 20.8 Å². The monoisotopic (exact) mass is 348 g/mol. The van der Waals surface area contributed by atoms with Gasteiger partial charge in [-0.2, -0.15) is 0 Å². The molecule has 0 spiro atoms. The third-order valence-electron chi connectivity index (χ3n) is 3.97. The summed E-state index contributed by atoms with van der Waals surface area (Å²) in [6, 6.07) is 5.60. The van der Waals surface area contributed by atoms with Gasteiger partial charge in [0.05, 0.1) is 0 Å². The van der Waals surface area contributed by atoms with Crippen molar-refractivity contribution < 1.29 is 19.5 Å². The Labute approximate surface area is 149 Å². The number of hydrogen-bond donors (Lipinski definition) is 2. The van der Waals surface area contributed by atoms with Gasteiger partial charge in [-0.3, -0.25) is 14.5 Å². The van der Waals surface area contributed by atoms with E-state index in [4.69, 9.17) is 5.73 Å². The van der Waals surface area contributed by atoms with Gasteiger partial charge in [0.2, 0.25) is 11.8 Å². The number of nitrogens with two attached hydrogens (primary N) is 1. The first kappa shape index (κ1) is 20.7. The van der Waals surface area contributed by atoms with Crippen LogP contribution in [0.2, 0.25) is 0 Å². The molecule has 0 saturated carbocycles. The normalized spacial score (nSPS) is 12.0. The standard InChI is InChI=1S/C19H28N2O4/c1-4-5-6-10-17(22)21(18(23)13(2)3)16(19(24)25)12-14-8-7-9-15(20)11-14/h7-9,11,13,16H,4-6,10,12,20H2,1-3H3,(H,24,25)/t16-/m0/s1. The zero-order valence-corrected chi connectivity index (χ0v) is 15.2. The van der Waals surface area contributed by atoms with Crippen LogP contribution in [0, 0.1) is 5.92 Å². The number of nitrogen functional groups attached to an aromatic ring is 1. The number of hydrogen-bond acceptors (Lipinski definition) is 4. The van der Waals surface area contributed by atoms with Crippen LogP contribution in [0.4, 0.5) is 5.69 Å². The number of carbonyl (C=O) groups is 3. The first-order valence-electron chi connectivity index (χ1n) is 8.71. The number of aliphatic carboxylic acids is 1. The lowest BCUT2D eigenvalue weighted by atomic mass is 10.0. The predicted octanol–water partition coefficient (Wildman–Crippen LogP) is 2.86. The summed E-state index contributed by atoms with van der Waals surface area (Å²) < 4.78 is 0. The summed E-state index contributed by atoms with van der Waals surface area (Å²) in [7, 11) is 0. The number of anilines is 1. The van der Waals surface area contributed by atoms with Crippen LogP contribution >= 0.6 is 0 Å². The highest BCUT2D eigenvalue weighted by Crippen LogP contribution is 2.17. The van der Waals surface area contributed by atoms with Crippen molar-refractivity contribution >= 4 is 23.5 Å². The van der Waals surface area contributed by atoms with E-state index in [0.717, 1.165) is 17.7 Å². The Morgan fingerprint density at radius 1 is 1.20 bits per heavy atom. The van der Waals surface area contributed by atoms with Crippen LogP contribution in [0.25, 0.3) is 0 Å². The lowest BCUT2D eigenvalue weighted by molar-refractivity contribution is -0.159. The highest BCUT2D eigenvalue weighted by Gasteiger charge is 2.35. The molecular weight excluding hydrogens is 320 g/mol. The number of amides is 2. The van der Waals surface area contributed by atoms with Crippen LogP contribution in [0.3, 0.4) is 0 Å². The summed E-state index contributed by atoms with van der Waals surface area (Å²) in [6.07, 6.45) is 2.66. The van der Waals surface area contributed by atoms with Gasteiger partial charge in [0.1, 0.15) is 6.04 Å². The largest absolute Gasteiger partial charge is 0.480 e. The number of carboxylic acids is 1. The molecule has 1 aromatic rings. The molecule has 138 valence electrons. The number of carboxylic acid groups (broad SMARTS) is 1. The van der Waals surface area contributed by atoms with E-state index in [1.165, 1.54) is 0 Å². The molecule has 1 rings (SSSR count). The highest BCUT2D eigenvalue weighted by molar-refractivity contribution is 6.00. The molecule has 6 heteroatoms. The topological polar surface area (TPSA) is 101 Å². The van der Waals surface area contributed by atoms with E-state index in [2.05, 4.69) is 0 Å². The third-order valence-corrected chi connectivity index (χ3v) is 3.97. The molecule has 0 aromatic heterocycles. The fraction of sp³-hybridized carbons (Fsp3) is 0.526. The van der Waals surface area contributed by atoms with Crippen molar-refractivity contribution in [3.8, 4) is 0 Å². The Hall–Kier alpha value is -2.37. The molecule has 1 atom stereocenters. The second kappa shape index (κ2) is 9.81. The van der Waals surface area contributed by atoms with Crippen molar-refractivity contribution in [2.45, 2.75) is 58.9 Å². The Kier molecular flexibility index (Phi) is 8.11. The van der Waals surface area contributed by atoms with E-state index < -0.39 is 29.7 Å². The zero-order valence-electron chi connectivity index (χ0n) is 15.2. The summed E-state index contributed by atoms with van der Waals surface area (Å²) >= 11 is 0. The second-order valence-corrected chi connectivity index (χ2v) is 6.52. The molecule has 3 N–H and O–H groups in total. The minimum atomic E-state index is -1.23. The third kappa shape index (κ3) is 6.21. The van der Waals surface area contributed by atoms with Gasteiger partial charge in [-0.1, -0.05) is 45.7 Å². The lowest BCUT2D eigenvalue weighted by Gasteiger charge is -2.29. The van der Waals surface area contributed by atoms with Crippen molar-refractivity contribution in [2.24, 2.45) is 5.92 Å². The van der Waals surface area contributed by atoms with Gasteiger partial charge in [0.25, 0.3) is 0 Å². The van der Waals surface area contributed by atoms with Crippen molar-refractivity contribution in [3.63, 3.8) is 0 Å². The molecule has 25 heavy (non-hydrogen) atoms. The molecule has 1 aromatic carbocycles. The minimum Gasteiger partial charge on any atom is -0.480 e. The molecule has 6 nitrogen and oxygen atoms in total. The molecule has 0 aliphatic rings. The van der Waals surface area contributed by atoms with Crippen molar-refractivity contribution in [1.82, 2.24) is 4.90 Å². The molecule has 0 aliphatic heterocycles. The molecule has 0 bridgehead atoms. The predicted molar refractivity (Wildman–Crippen MR) is 96.8 cm³/mol. The summed E-state index contributed by atoms with van der Waals surface area (Å²) in [4.78, 5) is 37.9. The summed E-state index contributed by atoms with van der Waals surface area (Å²) in [5.74, 6) is -2.54. The molecule has 0 unspecified atom stereocenters. The van der Waals surface area contributed by atoms with E-state index >= 15 is 0 Å². The number of rotatable bonds is 9. The van der Waals surface area contributed by atoms with Crippen LogP contribution in [0.1, 0.15) is 52.0 Å². The second-order valence-electron chi connectivity index (χ2n) is 6.52. The number of nitrogens with zero attached hydrogens (tertiary/aromatic N) is 1. The first-order valence-corrected chi connectivity index (χ1v) is 8.71. The Balaban J connectivity index is 3.09. The van der Waals surface area contributed by atoms with Crippen molar-refractivity contribution in [3.05, 3.63) is 29.8 Å². The number of benzene rings is 1. The molecule has 0 saturated heterocycles. The van der Waals surface area contributed by atoms with Crippen LogP contribution in [0.5, 0.6) is 0 Å². The van der Waals surface area contributed by atoms with E-state index in [1.807, 2.05) is 6.92 Å². The molecule has 0 aliphatic carbocycles. The van der Waals surface area contributed by atoms with E-state index in [-0.39, 0.29) is 12.8 Å². The van der Waals surface area contributed by atoms with Crippen LogP contribution in [-0.4, -0.2) is 33.8 Å². The van der Waals surface area contributed by atoms with Crippen molar-refractivity contribution in [2.75, 3.05) is 5.73 Å². The van der Waals surface area contributed by atoms with Gasteiger partial charge in [0, 0.05) is 24.4 Å². The van der Waals surface area contributed by atoms with Crippen LogP contribution in [0.15, 0.2) is 24.3 Å². The fourth-order valence-corrected chi connectivity index (χ4v) is 2.61. The molecule has 0 heterocycles. The summed E-state index contributed by atoms with van der Waals surface area (Å²) in [5, 5.41) is 9.65. The minimum absolute atomic E-state index is 0.0400. The van der Waals surface area contributed by atoms with Crippen LogP contribution < -0.4 is 5.73 Å². The van der Waals surface area contributed by atoms with Gasteiger partial charge >= 0.3 is 5.97 Å². The van der Waals surface area contributed by atoms with Gasteiger partial charge in [-0.25, -0.2) is 4.79 Å². The lowest BCUT2D eigenvalue weighted by Crippen LogP contribution is -2.51. The Morgan fingerprint density at radius 3 is 2.40 bits per heavy atom. The fourth-order valence-electron chi connectivity index (χ4n) is 2.61. The molecule has 2 amide bonds. The van der Waals surface area contributed by atoms with Gasteiger partial charge in [0.15, 0.2) is 0 Å². The average molecular weight is 348 g/mol. The molecule has 0 fully saturated rings. The first-order chi connectivity index (χ1) is 11.8. The highest BCUT2D eigenvalue weighted by atomic mass is 16.4. The number of carbonyl (C=O) groups excluding carboxylic acids is 2. The van der Waals surface area contributed by atoms with Gasteiger partial charge in [-0.05, 0) is 24.1 Å². The molecular formula is C19H28N2O4. The summed E-state index contributed by atoms with van der Waals surface area (Å²) in [5.41, 5.74) is 6.93. The SMILES string of the molecule is CCCCCC(=O)N(C(=O)C(C)C)[C@@H](Cc1cccc(N)c1)C(=O)O. The summed E-state index contributed by atoms with van der Waals surface area (Å²) in [6.45, 7) is 5.34. The van der Waals surface area contributed by atoms with Gasteiger partial charge in [-0.15, -0.1) is 0 Å². The average Bonchev–Trinajstić information content (AvgIpc) is 2.54. The maximum Gasteiger partial charge on any atom is 0.327 e. The number of unbranched alkanes of at least 4 members (excludes halogenated alkanes) is 2. The Morgan fingerprint density at radius 2 is 1.88 bits per heavy atom. The van der Waals surface area contributed by atoms with E-state index in [1.54, 1.807) is 38.1 Å². The Bertz CT molecular complexity index is 613. The number of imide groups is 1. The quantitative estimate of drug-likeness (QED) is 0.528. The molecule has 0 radical (unpaired) electrons. The van der Waals surface area contributed by atoms with E-state index in [9.17, 15) is 19.5 Å². The van der Waals surface area contributed by atoms with E-state index in [0.29, 0.717) is 17.7 Å². The maximum absolute atomic E-state index is 12.6. The maximum atomic E-state index is 12.6. The van der Waals surface area contributed by atoms with Crippen molar-refractivity contribution in [1.29, 1.82) is 0 Å².